The first kappa shape index (κ1) is 17.9. The second-order valence-electron chi connectivity index (χ2n) is 7.69. The molecule has 2 aromatic carbocycles. The smallest absolute Gasteiger partial charge is 0.224 e. The molecule has 4 nitrogen and oxygen atoms in total. The van der Waals surface area contributed by atoms with Crippen molar-refractivity contribution in [2.24, 2.45) is 0 Å². The van der Waals surface area contributed by atoms with Crippen LogP contribution in [0.25, 0.3) is 0 Å². The van der Waals surface area contributed by atoms with Gasteiger partial charge in [-0.15, -0.1) is 0 Å². The number of nitrogens with zero attached hydrogens (tertiary/aromatic N) is 2. The summed E-state index contributed by atoms with van der Waals surface area (Å²) in [5.74, 6) is 1.17. The van der Waals surface area contributed by atoms with Crippen LogP contribution in [0.5, 0.6) is 5.75 Å². The van der Waals surface area contributed by atoms with E-state index < -0.39 is 0 Å². The third kappa shape index (κ3) is 4.10. The van der Waals surface area contributed by atoms with Crippen LogP contribution in [-0.4, -0.2) is 36.5 Å². The van der Waals surface area contributed by atoms with E-state index in [4.69, 9.17) is 4.74 Å². The SMILES string of the molecule is Cc1ccc(CN2c3ccccc3OC[C@H]2CC(=O)N2CCCCC2)cc1. The average Bonchev–Trinajstić information content (AvgIpc) is 2.72. The van der Waals surface area contributed by atoms with Crippen molar-refractivity contribution in [2.75, 3.05) is 24.6 Å². The van der Waals surface area contributed by atoms with Crippen LogP contribution >= 0.6 is 0 Å². The Hall–Kier alpha value is -2.49. The number of para-hydroxylation sites is 2. The van der Waals surface area contributed by atoms with Crippen molar-refractivity contribution in [2.45, 2.75) is 45.2 Å². The molecule has 0 radical (unpaired) electrons. The molecule has 0 aliphatic carbocycles. The van der Waals surface area contributed by atoms with E-state index in [0.29, 0.717) is 13.0 Å². The van der Waals surface area contributed by atoms with Crippen molar-refractivity contribution in [3.05, 3.63) is 59.7 Å². The summed E-state index contributed by atoms with van der Waals surface area (Å²) in [4.78, 5) is 17.3. The Morgan fingerprint density at radius 3 is 2.56 bits per heavy atom. The molecule has 1 fully saturated rings. The van der Waals surface area contributed by atoms with Gasteiger partial charge in [0.15, 0.2) is 0 Å². The predicted octanol–water partition coefficient (Wildman–Crippen LogP) is 4.17. The van der Waals surface area contributed by atoms with Gasteiger partial charge < -0.3 is 14.5 Å². The van der Waals surface area contributed by atoms with Crippen molar-refractivity contribution in [3.8, 4) is 5.75 Å². The lowest BCUT2D eigenvalue weighted by Gasteiger charge is -2.39. The number of hydrogen-bond donors (Lipinski definition) is 0. The quantitative estimate of drug-likeness (QED) is 0.816. The van der Waals surface area contributed by atoms with Crippen molar-refractivity contribution in [3.63, 3.8) is 0 Å². The number of aryl methyl sites for hydroxylation is 1. The highest BCUT2D eigenvalue weighted by molar-refractivity contribution is 5.78. The maximum absolute atomic E-state index is 12.9. The summed E-state index contributed by atoms with van der Waals surface area (Å²) in [6, 6.07) is 16.9. The molecular formula is C23H28N2O2. The number of piperidine rings is 1. The van der Waals surface area contributed by atoms with Crippen LogP contribution in [0.3, 0.4) is 0 Å². The zero-order valence-corrected chi connectivity index (χ0v) is 16.1. The van der Waals surface area contributed by atoms with E-state index in [1.54, 1.807) is 0 Å². The first-order valence-electron chi connectivity index (χ1n) is 10.0. The highest BCUT2D eigenvalue weighted by atomic mass is 16.5. The van der Waals surface area contributed by atoms with Crippen molar-refractivity contribution in [1.82, 2.24) is 4.90 Å². The fraction of sp³-hybridized carbons (Fsp3) is 0.435. The number of anilines is 1. The number of rotatable bonds is 4. The van der Waals surface area contributed by atoms with Gasteiger partial charge in [0.1, 0.15) is 12.4 Å². The maximum Gasteiger partial charge on any atom is 0.224 e. The topological polar surface area (TPSA) is 32.8 Å². The summed E-state index contributed by atoms with van der Waals surface area (Å²) in [6.45, 7) is 5.26. The Balaban J connectivity index is 1.55. The van der Waals surface area contributed by atoms with E-state index in [1.165, 1.54) is 17.5 Å². The Bertz CT molecular complexity index is 781. The van der Waals surface area contributed by atoms with Crippen LogP contribution in [0.4, 0.5) is 5.69 Å². The molecule has 2 heterocycles. The molecule has 0 unspecified atom stereocenters. The van der Waals surface area contributed by atoms with E-state index >= 15 is 0 Å². The van der Waals surface area contributed by atoms with E-state index in [9.17, 15) is 4.79 Å². The lowest BCUT2D eigenvalue weighted by Crippen LogP contribution is -2.47. The second kappa shape index (κ2) is 8.03. The highest BCUT2D eigenvalue weighted by Gasteiger charge is 2.31. The van der Waals surface area contributed by atoms with Crippen LogP contribution in [0.15, 0.2) is 48.5 Å². The first-order chi connectivity index (χ1) is 13.2. The molecule has 2 aromatic rings. The van der Waals surface area contributed by atoms with Gasteiger partial charge in [-0.3, -0.25) is 4.79 Å². The van der Waals surface area contributed by atoms with Crippen molar-refractivity contribution >= 4 is 11.6 Å². The summed E-state index contributed by atoms with van der Waals surface area (Å²) < 4.78 is 6.00. The molecule has 1 saturated heterocycles. The highest BCUT2D eigenvalue weighted by Crippen LogP contribution is 2.35. The first-order valence-corrected chi connectivity index (χ1v) is 10.0. The normalized spacial score (nSPS) is 19.4. The van der Waals surface area contributed by atoms with Gasteiger partial charge in [0.05, 0.1) is 18.2 Å². The summed E-state index contributed by atoms with van der Waals surface area (Å²) in [5.41, 5.74) is 3.60. The van der Waals surface area contributed by atoms with E-state index in [0.717, 1.165) is 43.9 Å². The molecule has 0 bridgehead atoms. The third-order valence-corrected chi connectivity index (χ3v) is 5.64. The summed E-state index contributed by atoms with van der Waals surface area (Å²) in [6.07, 6.45) is 4.01. The molecule has 4 rings (SSSR count). The van der Waals surface area contributed by atoms with Gasteiger partial charge >= 0.3 is 0 Å². The lowest BCUT2D eigenvalue weighted by molar-refractivity contribution is -0.132. The molecule has 142 valence electrons. The standard InChI is InChI=1S/C23H28N2O2/c1-18-9-11-19(12-10-18)16-25-20(15-23(26)24-13-5-2-6-14-24)17-27-22-8-4-3-7-21(22)25/h3-4,7-12,20H,2,5-6,13-17H2,1H3/t20-/m1/s1. The fourth-order valence-electron chi connectivity index (χ4n) is 4.04. The minimum atomic E-state index is 0.0654. The van der Waals surface area contributed by atoms with Crippen molar-refractivity contribution in [1.29, 1.82) is 0 Å². The molecule has 2 aliphatic heterocycles. The molecule has 0 N–H and O–H groups in total. The molecule has 2 aliphatic rings. The van der Waals surface area contributed by atoms with Gasteiger partial charge in [0, 0.05) is 19.6 Å². The maximum atomic E-state index is 12.9. The predicted molar refractivity (Wildman–Crippen MR) is 108 cm³/mol. The van der Waals surface area contributed by atoms with Crippen LogP contribution in [0.2, 0.25) is 0 Å². The summed E-state index contributed by atoms with van der Waals surface area (Å²) in [5, 5.41) is 0. The number of carbonyl (C=O) groups excluding carboxylic acids is 1. The Morgan fingerprint density at radius 2 is 1.78 bits per heavy atom. The Kier molecular flexibility index (Phi) is 5.33. The summed E-state index contributed by atoms with van der Waals surface area (Å²) in [7, 11) is 0. The number of hydrogen-bond acceptors (Lipinski definition) is 3. The zero-order chi connectivity index (χ0) is 18.6. The van der Waals surface area contributed by atoms with Gasteiger partial charge in [0.2, 0.25) is 5.91 Å². The molecule has 27 heavy (non-hydrogen) atoms. The van der Waals surface area contributed by atoms with Gasteiger partial charge in [-0.2, -0.15) is 0 Å². The molecule has 1 atom stereocenters. The molecule has 1 amide bonds. The number of amides is 1. The monoisotopic (exact) mass is 364 g/mol. The molecular weight excluding hydrogens is 336 g/mol. The number of carbonyl (C=O) groups is 1. The number of benzene rings is 2. The van der Waals surface area contributed by atoms with E-state index in [2.05, 4.69) is 42.2 Å². The second-order valence-corrected chi connectivity index (χ2v) is 7.69. The third-order valence-electron chi connectivity index (χ3n) is 5.64. The fourth-order valence-corrected chi connectivity index (χ4v) is 4.04. The number of likely N-dealkylation sites (tertiary alicyclic amines) is 1. The minimum Gasteiger partial charge on any atom is -0.489 e. The zero-order valence-electron chi connectivity index (χ0n) is 16.1. The Morgan fingerprint density at radius 1 is 1.04 bits per heavy atom. The van der Waals surface area contributed by atoms with Gasteiger partial charge in [0.25, 0.3) is 0 Å². The minimum absolute atomic E-state index is 0.0654. The lowest BCUT2D eigenvalue weighted by atomic mass is 10.0. The van der Waals surface area contributed by atoms with Crippen LogP contribution < -0.4 is 9.64 Å². The largest absolute Gasteiger partial charge is 0.489 e. The number of fused-ring (bicyclic) bond motifs is 1. The van der Waals surface area contributed by atoms with Crippen LogP contribution in [0, 0.1) is 6.92 Å². The Labute approximate surface area is 161 Å². The van der Waals surface area contributed by atoms with Gasteiger partial charge in [-0.05, 0) is 43.9 Å². The molecule has 0 saturated carbocycles. The average molecular weight is 364 g/mol. The van der Waals surface area contributed by atoms with E-state index in [-0.39, 0.29) is 11.9 Å². The number of ether oxygens (including phenoxy) is 1. The van der Waals surface area contributed by atoms with Gasteiger partial charge in [-0.25, -0.2) is 0 Å². The summed E-state index contributed by atoms with van der Waals surface area (Å²) >= 11 is 0. The van der Waals surface area contributed by atoms with Crippen molar-refractivity contribution < 1.29 is 9.53 Å². The molecule has 0 spiro atoms. The van der Waals surface area contributed by atoms with Crippen LogP contribution in [0.1, 0.15) is 36.8 Å². The molecule has 4 heteroatoms. The van der Waals surface area contributed by atoms with Crippen LogP contribution in [-0.2, 0) is 11.3 Å². The van der Waals surface area contributed by atoms with E-state index in [1.807, 2.05) is 23.1 Å². The molecule has 0 aromatic heterocycles. The van der Waals surface area contributed by atoms with Gasteiger partial charge in [-0.1, -0.05) is 42.0 Å².